The maximum Gasteiger partial charge on any atom is 0.327 e. The fourth-order valence-corrected chi connectivity index (χ4v) is 4.10. The fourth-order valence-electron chi connectivity index (χ4n) is 3.00. The van der Waals surface area contributed by atoms with Crippen LogP contribution in [-0.4, -0.2) is 12.0 Å². The Bertz CT molecular complexity index is 959. The highest BCUT2D eigenvalue weighted by atomic mass is 32.1. The number of nitrogens with one attached hydrogen (secondary N) is 1. The number of anilines is 2. The van der Waals surface area contributed by atoms with Gasteiger partial charge in [0.05, 0.1) is 17.5 Å². The lowest BCUT2D eigenvalue weighted by atomic mass is 10.0. The standard InChI is InChI=1S/C22H23N2O3PS/c1-2-18(27-28-26)11-7-15-5-8-16(9-6-15)22(25)24-20-14-17(10-12-19(20)23)21-4-3-13-29-21/h3-6,8-10,12-14,18H,2,7,11,23H2,1H3,(H,24,25). The third-order valence-corrected chi connectivity index (χ3v) is 6.03. The van der Waals surface area contributed by atoms with Crippen LogP contribution in [0.4, 0.5) is 11.4 Å². The van der Waals surface area contributed by atoms with Crippen molar-refractivity contribution in [2.24, 2.45) is 0 Å². The van der Waals surface area contributed by atoms with E-state index in [1.165, 1.54) is 0 Å². The molecular weight excluding hydrogens is 403 g/mol. The van der Waals surface area contributed by atoms with Crippen molar-refractivity contribution in [1.29, 1.82) is 0 Å². The number of carbonyl (C=O) groups excluding carboxylic acids is 1. The number of thiophene rings is 1. The number of amides is 1. The number of carbonyl (C=O) groups is 1. The smallest absolute Gasteiger partial charge is 0.327 e. The molecule has 3 rings (SSSR count). The van der Waals surface area contributed by atoms with Crippen molar-refractivity contribution in [1.82, 2.24) is 0 Å². The molecule has 0 aliphatic carbocycles. The molecule has 0 aliphatic heterocycles. The summed E-state index contributed by atoms with van der Waals surface area (Å²) in [5, 5.41) is 4.92. The highest BCUT2D eigenvalue weighted by Gasteiger charge is 2.11. The van der Waals surface area contributed by atoms with Crippen molar-refractivity contribution in [2.45, 2.75) is 32.3 Å². The minimum atomic E-state index is -0.282. The van der Waals surface area contributed by atoms with Crippen molar-refractivity contribution in [3.8, 4) is 10.4 Å². The van der Waals surface area contributed by atoms with Crippen LogP contribution in [0.1, 0.15) is 35.7 Å². The van der Waals surface area contributed by atoms with Crippen LogP contribution in [0, 0.1) is 0 Å². The molecule has 0 saturated heterocycles. The molecule has 5 nitrogen and oxygen atoms in total. The van der Waals surface area contributed by atoms with Crippen molar-refractivity contribution >= 4 is 37.3 Å². The first-order chi connectivity index (χ1) is 14.1. The molecule has 29 heavy (non-hydrogen) atoms. The summed E-state index contributed by atoms with van der Waals surface area (Å²) in [6.45, 7) is 2.00. The number of nitrogens with two attached hydrogens (primary N) is 1. The predicted molar refractivity (Wildman–Crippen MR) is 120 cm³/mol. The second-order valence-corrected chi connectivity index (χ2v) is 7.99. The normalized spacial score (nSPS) is 12.0. The van der Waals surface area contributed by atoms with Gasteiger partial charge in [0.2, 0.25) is 0 Å². The van der Waals surface area contributed by atoms with Crippen molar-refractivity contribution in [2.75, 3.05) is 11.1 Å². The molecule has 2 aromatic carbocycles. The van der Waals surface area contributed by atoms with E-state index in [4.69, 9.17) is 10.3 Å². The zero-order valence-corrected chi connectivity index (χ0v) is 17.8. The summed E-state index contributed by atoms with van der Waals surface area (Å²) in [6.07, 6.45) is 2.35. The van der Waals surface area contributed by atoms with Gasteiger partial charge in [-0.3, -0.25) is 9.32 Å². The molecule has 0 bridgehead atoms. The van der Waals surface area contributed by atoms with Crippen molar-refractivity contribution in [3.05, 3.63) is 71.1 Å². The molecule has 0 aliphatic rings. The van der Waals surface area contributed by atoms with E-state index in [0.29, 0.717) is 16.9 Å². The van der Waals surface area contributed by atoms with Gasteiger partial charge in [-0.25, -0.2) is 4.57 Å². The largest absolute Gasteiger partial charge is 0.397 e. The van der Waals surface area contributed by atoms with E-state index in [-0.39, 0.29) is 20.7 Å². The summed E-state index contributed by atoms with van der Waals surface area (Å²) in [6, 6.07) is 17.1. The van der Waals surface area contributed by atoms with Crippen molar-refractivity contribution in [3.63, 3.8) is 0 Å². The molecule has 0 fully saturated rings. The zero-order valence-electron chi connectivity index (χ0n) is 16.1. The molecule has 0 radical (unpaired) electrons. The van der Waals surface area contributed by atoms with Gasteiger partial charge in [-0.05, 0) is 66.1 Å². The van der Waals surface area contributed by atoms with Crippen LogP contribution in [0.3, 0.4) is 0 Å². The van der Waals surface area contributed by atoms with Crippen LogP contribution in [0.2, 0.25) is 0 Å². The van der Waals surface area contributed by atoms with Crippen LogP contribution in [0.5, 0.6) is 0 Å². The quantitative estimate of drug-likeness (QED) is 0.316. The second-order valence-electron chi connectivity index (χ2n) is 6.68. The van der Waals surface area contributed by atoms with E-state index in [9.17, 15) is 9.36 Å². The maximum atomic E-state index is 12.7. The number of rotatable bonds is 9. The first-order valence-corrected chi connectivity index (χ1v) is 11.0. The van der Waals surface area contributed by atoms with E-state index in [1.807, 2.05) is 48.7 Å². The van der Waals surface area contributed by atoms with E-state index < -0.39 is 0 Å². The Morgan fingerprint density at radius 1 is 1.21 bits per heavy atom. The predicted octanol–water partition coefficient (Wildman–Crippen LogP) is 6.18. The van der Waals surface area contributed by atoms with Gasteiger partial charge in [0.15, 0.2) is 0 Å². The Kier molecular flexibility index (Phi) is 7.53. The monoisotopic (exact) mass is 426 g/mol. The fraction of sp³-hybridized carbons (Fsp3) is 0.227. The molecule has 0 saturated carbocycles. The number of hydrogen-bond acceptors (Lipinski definition) is 5. The molecule has 1 atom stereocenters. The Balaban J connectivity index is 1.65. The van der Waals surface area contributed by atoms with Gasteiger partial charge in [-0.15, -0.1) is 11.3 Å². The minimum absolute atomic E-state index is 0.0317. The van der Waals surface area contributed by atoms with Gasteiger partial charge in [-0.2, -0.15) is 0 Å². The van der Waals surface area contributed by atoms with Gasteiger partial charge < -0.3 is 11.1 Å². The molecule has 3 N–H and O–H groups in total. The summed E-state index contributed by atoms with van der Waals surface area (Å²) in [5.74, 6) is -0.202. The lowest BCUT2D eigenvalue weighted by Gasteiger charge is -2.12. The summed E-state index contributed by atoms with van der Waals surface area (Å²) in [7, 11) is -0.282. The number of aryl methyl sites for hydroxylation is 1. The van der Waals surface area contributed by atoms with Gasteiger partial charge >= 0.3 is 8.69 Å². The summed E-state index contributed by atoms with van der Waals surface area (Å²) >= 11 is 1.64. The van der Waals surface area contributed by atoms with E-state index in [2.05, 4.69) is 5.32 Å². The third kappa shape index (κ3) is 5.73. The van der Waals surface area contributed by atoms with Crippen LogP contribution < -0.4 is 11.1 Å². The SMILES string of the molecule is CCC(CCc1ccc(C(=O)Nc2cc(-c3cccs3)ccc2N)cc1)OP=O. The van der Waals surface area contributed by atoms with Crippen molar-refractivity contribution < 1.29 is 13.9 Å². The minimum Gasteiger partial charge on any atom is -0.397 e. The maximum absolute atomic E-state index is 12.7. The molecule has 1 unspecified atom stereocenters. The topological polar surface area (TPSA) is 81.4 Å². The second kappa shape index (κ2) is 10.3. The van der Waals surface area contributed by atoms with Crippen LogP contribution in [0.15, 0.2) is 60.0 Å². The van der Waals surface area contributed by atoms with Crippen LogP contribution in [-0.2, 0) is 15.5 Å². The molecule has 1 aromatic heterocycles. The van der Waals surface area contributed by atoms with Gasteiger partial charge in [0, 0.05) is 10.4 Å². The lowest BCUT2D eigenvalue weighted by molar-refractivity contribution is 0.102. The molecule has 3 aromatic rings. The highest BCUT2D eigenvalue weighted by Crippen LogP contribution is 2.30. The molecule has 0 spiro atoms. The first kappa shape index (κ1) is 21.2. The molecular formula is C22H23N2O3PS. The van der Waals surface area contributed by atoms with E-state index >= 15 is 0 Å². The third-order valence-electron chi connectivity index (χ3n) is 4.73. The Hall–Kier alpha value is -2.53. The number of nitrogen functional groups attached to an aromatic ring is 1. The van der Waals surface area contributed by atoms with E-state index in [1.54, 1.807) is 29.5 Å². The summed E-state index contributed by atoms with van der Waals surface area (Å²) in [5.41, 5.74) is 9.87. The summed E-state index contributed by atoms with van der Waals surface area (Å²) in [4.78, 5) is 13.8. The van der Waals surface area contributed by atoms with E-state index in [0.717, 1.165) is 35.3 Å². The Labute approximate surface area is 176 Å². The first-order valence-electron chi connectivity index (χ1n) is 9.43. The lowest BCUT2D eigenvalue weighted by Crippen LogP contribution is -2.13. The van der Waals surface area contributed by atoms with Gasteiger partial charge in [0.1, 0.15) is 0 Å². The Morgan fingerprint density at radius 3 is 2.66 bits per heavy atom. The zero-order chi connectivity index (χ0) is 20.6. The molecule has 1 heterocycles. The average molecular weight is 426 g/mol. The van der Waals surface area contributed by atoms with Crippen LogP contribution in [0.25, 0.3) is 10.4 Å². The number of benzene rings is 2. The van der Waals surface area contributed by atoms with Gasteiger partial charge in [0.25, 0.3) is 5.91 Å². The molecule has 150 valence electrons. The molecule has 1 amide bonds. The highest BCUT2D eigenvalue weighted by molar-refractivity contribution is 7.17. The average Bonchev–Trinajstić information content (AvgIpc) is 3.28. The van der Waals surface area contributed by atoms with Crippen LogP contribution >= 0.6 is 20.0 Å². The Morgan fingerprint density at radius 2 is 2.00 bits per heavy atom. The summed E-state index contributed by atoms with van der Waals surface area (Å²) < 4.78 is 15.7. The van der Waals surface area contributed by atoms with Gasteiger partial charge in [-0.1, -0.05) is 31.2 Å². The molecule has 7 heteroatoms. The number of hydrogen-bond donors (Lipinski definition) is 2.